The van der Waals surface area contributed by atoms with E-state index < -0.39 is 35.1 Å². The van der Waals surface area contributed by atoms with Gasteiger partial charge < -0.3 is 14.8 Å². The molecule has 1 heterocycles. The average Bonchev–Trinajstić information content (AvgIpc) is 2.77. The van der Waals surface area contributed by atoms with Gasteiger partial charge in [0.05, 0.1) is 5.69 Å². The Morgan fingerprint density at radius 2 is 1.46 bits per heavy atom. The van der Waals surface area contributed by atoms with Gasteiger partial charge in [0.1, 0.15) is 17.0 Å². The zero-order valence-electron chi connectivity index (χ0n) is 21.5. The number of ether oxygens (including phenoxy) is 2. The molecule has 0 aliphatic heterocycles. The first kappa shape index (κ1) is 27.3. The van der Waals surface area contributed by atoms with Crippen molar-refractivity contribution in [2.75, 3.05) is 10.2 Å². The highest BCUT2D eigenvalue weighted by atomic mass is 19.1. The Morgan fingerprint density at radius 1 is 0.865 bits per heavy atom. The third-order valence-corrected chi connectivity index (χ3v) is 4.52. The molecule has 1 N–H and O–H groups in total. The Balaban J connectivity index is 1.86. The summed E-state index contributed by atoms with van der Waals surface area (Å²) in [5, 5.41) is 2.70. The van der Waals surface area contributed by atoms with E-state index in [1.54, 1.807) is 71.9 Å². The molecular weight excluding hydrogens is 479 g/mol. The number of nitrogens with zero attached hydrogens (tertiary/aromatic N) is 3. The number of nitrogens with one attached hydrogen (secondary N) is 1. The standard InChI is InChI=1S/C27H29FN4O5/c1-26(2,3)36-24(34)32(25(35)37-27(4,5)6)23-29-15-14-21(31-23)17-10-12-20(13-11-17)30-22(33)18-8-7-9-19(28)16-18/h7-16H,1-6H3,(H,30,33). The van der Waals surface area contributed by atoms with Crippen LogP contribution in [0.1, 0.15) is 51.9 Å². The van der Waals surface area contributed by atoms with E-state index in [0.717, 1.165) is 6.07 Å². The van der Waals surface area contributed by atoms with Crippen molar-refractivity contribution in [3.8, 4) is 11.3 Å². The zero-order valence-corrected chi connectivity index (χ0v) is 21.5. The van der Waals surface area contributed by atoms with E-state index in [4.69, 9.17) is 9.47 Å². The molecule has 9 nitrogen and oxygen atoms in total. The molecule has 0 spiro atoms. The first-order valence-corrected chi connectivity index (χ1v) is 11.5. The number of amides is 3. The van der Waals surface area contributed by atoms with Crippen molar-refractivity contribution >= 4 is 29.7 Å². The number of anilines is 2. The van der Waals surface area contributed by atoms with Crippen molar-refractivity contribution in [1.82, 2.24) is 9.97 Å². The van der Waals surface area contributed by atoms with Crippen LogP contribution in [0.5, 0.6) is 0 Å². The molecule has 0 bridgehead atoms. The smallest absolute Gasteiger partial charge is 0.427 e. The van der Waals surface area contributed by atoms with E-state index in [-0.39, 0.29) is 11.5 Å². The SMILES string of the molecule is CC(C)(C)OC(=O)N(C(=O)OC(C)(C)C)c1nccc(-c2ccc(NC(=O)c3cccc(F)c3)cc2)n1. The lowest BCUT2D eigenvalue weighted by molar-refractivity contribution is 0.0427. The van der Waals surface area contributed by atoms with Gasteiger partial charge in [0, 0.05) is 23.0 Å². The van der Waals surface area contributed by atoms with Gasteiger partial charge in [0.2, 0.25) is 5.95 Å². The fourth-order valence-electron chi connectivity index (χ4n) is 3.03. The molecule has 0 saturated carbocycles. The molecule has 0 radical (unpaired) electrons. The summed E-state index contributed by atoms with van der Waals surface area (Å²) in [5.74, 6) is -1.18. The van der Waals surface area contributed by atoms with Gasteiger partial charge in [-0.15, -0.1) is 4.90 Å². The number of imide groups is 1. The third kappa shape index (κ3) is 7.83. The fraction of sp³-hybridized carbons (Fsp3) is 0.296. The fourth-order valence-corrected chi connectivity index (χ4v) is 3.03. The minimum atomic E-state index is -0.977. The van der Waals surface area contributed by atoms with Crippen LogP contribution in [0.25, 0.3) is 11.3 Å². The molecule has 2 aromatic carbocycles. The number of aromatic nitrogens is 2. The quantitative estimate of drug-likeness (QED) is 0.446. The Kier molecular flexibility index (Phi) is 7.90. The van der Waals surface area contributed by atoms with Crippen molar-refractivity contribution < 1.29 is 28.2 Å². The number of benzene rings is 2. The van der Waals surface area contributed by atoms with Crippen LogP contribution in [0.3, 0.4) is 0 Å². The highest BCUT2D eigenvalue weighted by Crippen LogP contribution is 2.24. The summed E-state index contributed by atoms with van der Waals surface area (Å²) in [6.07, 6.45) is -0.553. The molecular formula is C27H29FN4O5. The van der Waals surface area contributed by atoms with Crippen molar-refractivity contribution in [3.63, 3.8) is 0 Å². The van der Waals surface area contributed by atoms with Crippen LogP contribution < -0.4 is 10.2 Å². The second-order valence-electron chi connectivity index (χ2n) is 10.1. The van der Waals surface area contributed by atoms with E-state index in [1.807, 2.05) is 0 Å². The van der Waals surface area contributed by atoms with Crippen LogP contribution in [0.15, 0.2) is 60.8 Å². The topological polar surface area (TPSA) is 111 Å². The maximum atomic E-state index is 13.4. The van der Waals surface area contributed by atoms with Gasteiger partial charge >= 0.3 is 12.2 Å². The molecule has 37 heavy (non-hydrogen) atoms. The first-order valence-electron chi connectivity index (χ1n) is 11.5. The van der Waals surface area contributed by atoms with E-state index in [2.05, 4.69) is 15.3 Å². The molecule has 0 unspecified atom stereocenters. The number of hydrogen-bond donors (Lipinski definition) is 1. The summed E-state index contributed by atoms with van der Waals surface area (Å²) < 4.78 is 24.2. The third-order valence-electron chi connectivity index (χ3n) is 4.52. The summed E-state index contributed by atoms with van der Waals surface area (Å²) in [4.78, 5) is 47.2. The second kappa shape index (κ2) is 10.7. The highest BCUT2D eigenvalue weighted by molar-refractivity contribution is 6.08. The number of hydrogen-bond acceptors (Lipinski definition) is 7. The van der Waals surface area contributed by atoms with Crippen LogP contribution in [0, 0.1) is 5.82 Å². The van der Waals surface area contributed by atoms with Gasteiger partial charge in [-0.05, 0) is 77.9 Å². The van der Waals surface area contributed by atoms with Crippen LogP contribution in [-0.2, 0) is 9.47 Å². The normalized spacial score (nSPS) is 11.4. The van der Waals surface area contributed by atoms with Crippen LogP contribution in [0.4, 0.5) is 25.6 Å². The Morgan fingerprint density at radius 3 is 2.00 bits per heavy atom. The highest BCUT2D eigenvalue weighted by Gasteiger charge is 2.34. The molecule has 3 rings (SSSR count). The Bertz CT molecular complexity index is 1270. The molecule has 3 aromatic rings. The van der Waals surface area contributed by atoms with Crippen molar-refractivity contribution in [3.05, 3.63) is 72.2 Å². The lowest BCUT2D eigenvalue weighted by atomic mass is 10.1. The first-order chi connectivity index (χ1) is 17.2. The summed E-state index contributed by atoms with van der Waals surface area (Å²) in [6, 6.07) is 13.7. The van der Waals surface area contributed by atoms with Crippen LogP contribution in [0.2, 0.25) is 0 Å². The van der Waals surface area contributed by atoms with Crippen molar-refractivity contribution in [2.24, 2.45) is 0 Å². The second-order valence-corrected chi connectivity index (χ2v) is 10.1. The predicted octanol–water partition coefficient (Wildman–Crippen LogP) is 6.21. The molecule has 194 valence electrons. The molecule has 0 fully saturated rings. The van der Waals surface area contributed by atoms with Crippen molar-refractivity contribution in [1.29, 1.82) is 0 Å². The predicted molar refractivity (Wildman–Crippen MR) is 137 cm³/mol. The van der Waals surface area contributed by atoms with E-state index in [1.165, 1.54) is 24.4 Å². The van der Waals surface area contributed by atoms with Gasteiger partial charge in [-0.2, -0.15) is 0 Å². The molecule has 1 aromatic heterocycles. The maximum absolute atomic E-state index is 13.4. The summed E-state index contributed by atoms with van der Waals surface area (Å²) >= 11 is 0. The number of carbonyl (C=O) groups is 3. The Hall–Kier alpha value is -4.34. The molecule has 3 amide bonds. The van der Waals surface area contributed by atoms with Gasteiger partial charge in [-0.25, -0.2) is 23.9 Å². The zero-order chi connectivity index (χ0) is 27.4. The van der Waals surface area contributed by atoms with Crippen LogP contribution >= 0.6 is 0 Å². The summed E-state index contributed by atoms with van der Waals surface area (Å²) in [5.41, 5.74) is -0.0437. The molecule has 0 saturated heterocycles. The van der Waals surface area contributed by atoms with Gasteiger partial charge in [0.15, 0.2) is 0 Å². The minimum Gasteiger partial charge on any atom is -0.443 e. The van der Waals surface area contributed by atoms with Gasteiger partial charge in [-0.3, -0.25) is 4.79 Å². The minimum absolute atomic E-state index is 0.189. The lowest BCUT2D eigenvalue weighted by Crippen LogP contribution is -2.44. The van der Waals surface area contributed by atoms with Crippen molar-refractivity contribution in [2.45, 2.75) is 52.7 Å². The van der Waals surface area contributed by atoms with E-state index >= 15 is 0 Å². The largest absolute Gasteiger partial charge is 0.443 e. The average molecular weight is 509 g/mol. The maximum Gasteiger partial charge on any atom is 0.427 e. The van der Waals surface area contributed by atoms with Gasteiger partial charge in [-0.1, -0.05) is 18.2 Å². The lowest BCUT2D eigenvalue weighted by Gasteiger charge is -2.27. The molecule has 0 atom stereocenters. The van der Waals surface area contributed by atoms with E-state index in [9.17, 15) is 18.8 Å². The summed E-state index contributed by atoms with van der Waals surface area (Å²) in [6.45, 7) is 10.0. The Labute approximate surface area is 214 Å². The van der Waals surface area contributed by atoms with Gasteiger partial charge in [0.25, 0.3) is 5.91 Å². The molecule has 0 aliphatic rings. The summed E-state index contributed by atoms with van der Waals surface area (Å²) in [7, 11) is 0. The number of carbonyl (C=O) groups excluding carboxylic acids is 3. The molecule has 10 heteroatoms. The number of rotatable bonds is 4. The number of halogens is 1. The van der Waals surface area contributed by atoms with E-state index in [0.29, 0.717) is 21.8 Å². The molecule has 0 aliphatic carbocycles. The monoisotopic (exact) mass is 508 g/mol. The van der Waals surface area contributed by atoms with Crippen LogP contribution in [-0.4, -0.2) is 39.3 Å².